The summed E-state index contributed by atoms with van der Waals surface area (Å²) in [7, 11) is 3.83. The standard InChI is InChI=1S/C22H33ClFN3O3/c1-26(14-15-30-2)11-3-4-17-8-12-27(13-9-17)21(28)7-10-25-22(29)19-6-5-18(24)16-20(19)23/h5-6,16-17H,3-4,7-15H2,1-2H3,(H,25,29). The molecule has 168 valence electrons. The highest BCUT2D eigenvalue weighted by atomic mass is 35.5. The van der Waals surface area contributed by atoms with E-state index >= 15 is 0 Å². The number of ether oxygens (including phenoxy) is 1. The second-order valence-electron chi connectivity index (χ2n) is 7.89. The number of nitrogens with zero attached hydrogens (tertiary/aromatic N) is 2. The fourth-order valence-corrected chi connectivity index (χ4v) is 3.94. The summed E-state index contributed by atoms with van der Waals surface area (Å²) in [6.07, 6.45) is 4.67. The maximum Gasteiger partial charge on any atom is 0.252 e. The van der Waals surface area contributed by atoms with Crippen LogP contribution in [0.25, 0.3) is 0 Å². The molecule has 0 aliphatic carbocycles. The second-order valence-corrected chi connectivity index (χ2v) is 8.30. The summed E-state index contributed by atoms with van der Waals surface area (Å²) >= 11 is 5.89. The number of benzene rings is 1. The lowest BCUT2D eigenvalue weighted by Crippen LogP contribution is -2.40. The van der Waals surface area contributed by atoms with Gasteiger partial charge >= 0.3 is 0 Å². The fourth-order valence-electron chi connectivity index (χ4n) is 3.69. The first kappa shape index (κ1) is 24.6. The van der Waals surface area contributed by atoms with E-state index in [4.69, 9.17) is 16.3 Å². The Morgan fingerprint density at radius 2 is 2.03 bits per heavy atom. The molecule has 0 unspecified atom stereocenters. The third kappa shape index (κ3) is 8.20. The summed E-state index contributed by atoms with van der Waals surface area (Å²) in [5.74, 6) is -0.168. The minimum absolute atomic E-state index is 0.0539. The lowest BCUT2D eigenvalue weighted by molar-refractivity contribution is -0.132. The predicted octanol–water partition coefficient (Wildman–Crippen LogP) is 3.20. The van der Waals surface area contributed by atoms with Crippen LogP contribution < -0.4 is 5.32 Å². The van der Waals surface area contributed by atoms with Crippen LogP contribution in [-0.2, 0) is 9.53 Å². The van der Waals surface area contributed by atoms with E-state index < -0.39 is 11.7 Å². The van der Waals surface area contributed by atoms with E-state index in [0.717, 1.165) is 58.1 Å². The van der Waals surface area contributed by atoms with E-state index in [-0.39, 0.29) is 29.5 Å². The van der Waals surface area contributed by atoms with Crippen molar-refractivity contribution in [1.82, 2.24) is 15.1 Å². The van der Waals surface area contributed by atoms with Gasteiger partial charge in [-0.2, -0.15) is 0 Å². The molecule has 1 aliphatic rings. The number of rotatable bonds is 11. The number of carbonyl (C=O) groups is 2. The van der Waals surface area contributed by atoms with Crippen molar-refractivity contribution in [2.24, 2.45) is 5.92 Å². The molecule has 2 amide bonds. The van der Waals surface area contributed by atoms with E-state index in [9.17, 15) is 14.0 Å². The van der Waals surface area contributed by atoms with E-state index in [1.54, 1.807) is 7.11 Å². The van der Waals surface area contributed by atoms with Gasteiger partial charge in [-0.25, -0.2) is 4.39 Å². The summed E-state index contributed by atoms with van der Waals surface area (Å²) in [5.41, 5.74) is 0.208. The van der Waals surface area contributed by atoms with Crippen molar-refractivity contribution in [1.29, 1.82) is 0 Å². The first-order chi connectivity index (χ1) is 14.4. The zero-order chi connectivity index (χ0) is 21.9. The molecule has 1 aromatic rings. The Bertz CT molecular complexity index is 696. The molecule has 30 heavy (non-hydrogen) atoms. The molecule has 0 bridgehead atoms. The number of methoxy groups -OCH3 is 1. The van der Waals surface area contributed by atoms with Crippen LogP contribution in [0.15, 0.2) is 18.2 Å². The highest BCUT2D eigenvalue weighted by Gasteiger charge is 2.22. The molecule has 0 atom stereocenters. The molecule has 0 aromatic heterocycles. The van der Waals surface area contributed by atoms with E-state index in [1.165, 1.54) is 18.6 Å². The lowest BCUT2D eigenvalue weighted by atomic mass is 9.92. The normalized spacial score (nSPS) is 14.9. The summed E-state index contributed by atoms with van der Waals surface area (Å²) in [4.78, 5) is 28.7. The van der Waals surface area contributed by atoms with Crippen molar-refractivity contribution in [2.75, 3.05) is 53.5 Å². The van der Waals surface area contributed by atoms with Gasteiger partial charge in [0.25, 0.3) is 5.91 Å². The number of carbonyl (C=O) groups excluding carboxylic acids is 2. The molecule has 1 aromatic carbocycles. The first-order valence-electron chi connectivity index (χ1n) is 10.6. The van der Waals surface area contributed by atoms with Gasteiger partial charge in [-0.05, 0) is 63.4 Å². The van der Waals surface area contributed by atoms with Gasteiger partial charge < -0.3 is 19.9 Å². The van der Waals surface area contributed by atoms with Crippen LogP contribution in [0.2, 0.25) is 5.02 Å². The van der Waals surface area contributed by atoms with Crippen LogP contribution in [0.5, 0.6) is 0 Å². The Balaban J connectivity index is 1.61. The van der Waals surface area contributed by atoms with Gasteiger partial charge in [0.15, 0.2) is 0 Å². The van der Waals surface area contributed by atoms with Crippen molar-refractivity contribution in [2.45, 2.75) is 32.1 Å². The van der Waals surface area contributed by atoms with Crippen molar-refractivity contribution in [3.63, 3.8) is 0 Å². The van der Waals surface area contributed by atoms with Crippen molar-refractivity contribution in [3.05, 3.63) is 34.6 Å². The highest BCUT2D eigenvalue weighted by Crippen LogP contribution is 2.22. The number of hydrogen-bond donors (Lipinski definition) is 1. The molecule has 2 rings (SSSR count). The largest absolute Gasteiger partial charge is 0.383 e. The van der Waals surface area contributed by atoms with Crippen LogP contribution in [-0.4, -0.2) is 75.1 Å². The van der Waals surface area contributed by atoms with E-state index in [0.29, 0.717) is 5.92 Å². The number of hydrogen-bond acceptors (Lipinski definition) is 4. The Hall–Kier alpha value is -1.70. The van der Waals surface area contributed by atoms with Gasteiger partial charge in [0.2, 0.25) is 5.91 Å². The van der Waals surface area contributed by atoms with Crippen LogP contribution >= 0.6 is 11.6 Å². The quantitative estimate of drug-likeness (QED) is 0.573. The Kier molecular flexibility index (Phi) is 10.5. The molecule has 0 spiro atoms. The summed E-state index contributed by atoms with van der Waals surface area (Å²) in [5, 5.41) is 2.74. The number of halogens is 2. The summed E-state index contributed by atoms with van der Waals surface area (Å²) in [6, 6.07) is 3.63. The van der Waals surface area contributed by atoms with Gasteiger partial charge in [0, 0.05) is 39.7 Å². The third-order valence-corrected chi connectivity index (χ3v) is 5.91. The number of likely N-dealkylation sites (N-methyl/N-ethyl adjacent to an activating group) is 1. The smallest absolute Gasteiger partial charge is 0.252 e. The SMILES string of the molecule is COCCN(C)CCCC1CCN(C(=O)CCNC(=O)c2ccc(F)cc2Cl)CC1. The van der Waals surface area contributed by atoms with Crippen LogP contribution in [0, 0.1) is 11.7 Å². The van der Waals surface area contributed by atoms with E-state index in [1.807, 2.05) is 4.90 Å². The first-order valence-corrected chi connectivity index (χ1v) is 11.0. The number of amides is 2. The molecule has 1 N–H and O–H groups in total. The average Bonchev–Trinajstić information content (AvgIpc) is 2.72. The summed E-state index contributed by atoms with van der Waals surface area (Å²) in [6.45, 7) is 4.57. The number of nitrogens with one attached hydrogen (secondary N) is 1. The zero-order valence-corrected chi connectivity index (χ0v) is 18.7. The number of piperidine rings is 1. The monoisotopic (exact) mass is 441 g/mol. The van der Waals surface area contributed by atoms with Gasteiger partial charge in [-0.1, -0.05) is 11.6 Å². The molecule has 0 saturated carbocycles. The van der Waals surface area contributed by atoms with Gasteiger partial charge in [-0.15, -0.1) is 0 Å². The van der Waals surface area contributed by atoms with Crippen LogP contribution in [0.1, 0.15) is 42.5 Å². The Morgan fingerprint density at radius 1 is 1.30 bits per heavy atom. The molecule has 0 radical (unpaired) electrons. The van der Waals surface area contributed by atoms with Crippen LogP contribution in [0.4, 0.5) is 4.39 Å². The third-order valence-electron chi connectivity index (χ3n) is 5.60. The second kappa shape index (κ2) is 12.9. The van der Waals surface area contributed by atoms with Crippen molar-refractivity contribution < 1.29 is 18.7 Å². The Morgan fingerprint density at radius 3 is 2.70 bits per heavy atom. The molecule has 1 heterocycles. The topological polar surface area (TPSA) is 61.9 Å². The van der Waals surface area contributed by atoms with Crippen LogP contribution in [0.3, 0.4) is 0 Å². The number of likely N-dealkylation sites (tertiary alicyclic amines) is 1. The maximum absolute atomic E-state index is 13.1. The van der Waals surface area contributed by atoms with Crippen molar-refractivity contribution in [3.8, 4) is 0 Å². The summed E-state index contributed by atoms with van der Waals surface area (Å²) < 4.78 is 18.2. The zero-order valence-electron chi connectivity index (χ0n) is 18.0. The fraction of sp³-hybridized carbons (Fsp3) is 0.636. The molecule has 1 aliphatic heterocycles. The Labute approximate surface area is 183 Å². The molecule has 6 nitrogen and oxygen atoms in total. The molecule has 1 fully saturated rings. The predicted molar refractivity (Wildman–Crippen MR) is 116 cm³/mol. The molecular formula is C22H33ClFN3O3. The van der Waals surface area contributed by atoms with Gasteiger partial charge in [-0.3, -0.25) is 9.59 Å². The minimum Gasteiger partial charge on any atom is -0.383 e. The average molecular weight is 442 g/mol. The molecule has 8 heteroatoms. The molecule has 1 saturated heterocycles. The lowest BCUT2D eigenvalue weighted by Gasteiger charge is -2.32. The molecular weight excluding hydrogens is 409 g/mol. The maximum atomic E-state index is 13.1. The van der Waals surface area contributed by atoms with Gasteiger partial charge in [0.05, 0.1) is 17.2 Å². The van der Waals surface area contributed by atoms with Crippen molar-refractivity contribution >= 4 is 23.4 Å². The van der Waals surface area contributed by atoms with Gasteiger partial charge in [0.1, 0.15) is 5.82 Å². The van der Waals surface area contributed by atoms with E-state index in [2.05, 4.69) is 17.3 Å². The highest BCUT2D eigenvalue weighted by molar-refractivity contribution is 6.33. The minimum atomic E-state index is -0.492.